The summed E-state index contributed by atoms with van der Waals surface area (Å²) >= 11 is 8.38. The Balaban J connectivity index is 1.40. The van der Waals surface area contributed by atoms with Crippen molar-refractivity contribution in [1.82, 2.24) is 4.90 Å². The van der Waals surface area contributed by atoms with E-state index in [0.29, 0.717) is 19.1 Å². The first kappa shape index (κ1) is 23.5. The molecule has 0 amide bonds. The van der Waals surface area contributed by atoms with Crippen molar-refractivity contribution in [3.63, 3.8) is 0 Å². The summed E-state index contributed by atoms with van der Waals surface area (Å²) in [5, 5.41) is 9.87. The molecule has 1 aliphatic carbocycles. The minimum absolute atomic E-state index is 0.210. The van der Waals surface area contributed by atoms with Crippen molar-refractivity contribution in [2.24, 2.45) is 0 Å². The van der Waals surface area contributed by atoms with Crippen LogP contribution < -0.4 is 4.74 Å². The van der Waals surface area contributed by atoms with Gasteiger partial charge < -0.3 is 14.7 Å². The monoisotopic (exact) mass is 473 g/mol. The number of carboxylic acids is 1. The van der Waals surface area contributed by atoms with Crippen molar-refractivity contribution in [3.05, 3.63) is 58.1 Å². The Bertz CT molecular complexity index is 931. The van der Waals surface area contributed by atoms with Crippen molar-refractivity contribution in [2.45, 2.75) is 61.5 Å². The van der Waals surface area contributed by atoms with Gasteiger partial charge in [0.2, 0.25) is 0 Å². The third-order valence-electron chi connectivity index (χ3n) is 6.28. The summed E-state index contributed by atoms with van der Waals surface area (Å²) in [6, 6.07) is 12.9. The van der Waals surface area contributed by atoms with Crippen LogP contribution in [-0.4, -0.2) is 42.2 Å². The van der Waals surface area contributed by atoms with Crippen molar-refractivity contribution in [3.8, 4) is 5.75 Å². The lowest BCUT2D eigenvalue weighted by Crippen LogP contribution is -2.29. The van der Waals surface area contributed by atoms with Gasteiger partial charge in [0.25, 0.3) is 0 Å². The second kappa shape index (κ2) is 11.4. The number of ether oxygens (including phenoxy) is 1. The molecule has 0 aromatic heterocycles. The van der Waals surface area contributed by atoms with Crippen molar-refractivity contribution in [2.75, 3.05) is 26.2 Å². The van der Waals surface area contributed by atoms with Crippen LogP contribution in [0, 0.1) is 0 Å². The van der Waals surface area contributed by atoms with E-state index in [9.17, 15) is 4.79 Å². The molecule has 1 heterocycles. The highest BCUT2D eigenvalue weighted by atomic mass is 35.5. The van der Waals surface area contributed by atoms with Crippen LogP contribution in [0.25, 0.3) is 0 Å². The first-order valence-electron chi connectivity index (χ1n) is 11.7. The minimum Gasteiger partial charge on any atom is -0.493 e. The fraction of sp³-hybridized carbons (Fsp3) is 0.500. The summed E-state index contributed by atoms with van der Waals surface area (Å²) in [5.74, 6) is 1.84. The molecule has 32 heavy (non-hydrogen) atoms. The van der Waals surface area contributed by atoms with Gasteiger partial charge in [-0.25, -0.2) is 0 Å². The Kier molecular flexibility index (Phi) is 8.39. The number of thioether (sulfide) groups is 1. The lowest BCUT2D eigenvalue weighted by Gasteiger charge is -2.21. The molecule has 0 saturated heterocycles. The largest absolute Gasteiger partial charge is 0.493 e. The number of carbonyl (C=O) groups is 1. The third kappa shape index (κ3) is 6.66. The number of aliphatic carboxylic acids is 1. The second-order valence-electron chi connectivity index (χ2n) is 8.78. The van der Waals surface area contributed by atoms with Crippen molar-refractivity contribution in [1.29, 1.82) is 0 Å². The van der Waals surface area contributed by atoms with E-state index >= 15 is 0 Å². The van der Waals surface area contributed by atoms with E-state index in [1.165, 1.54) is 34.4 Å². The Labute approximate surface area is 200 Å². The molecule has 0 unspecified atom stereocenters. The molecule has 1 saturated carbocycles. The number of halogens is 1. The van der Waals surface area contributed by atoms with Crippen LogP contribution in [0.4, 0.5) is 0 Å². The van der Waals surface area contributed by atoms with Gasteiger partial charge >= 0.3 is 5.97 Å². The minimum atomic E-state index is -0.723. The Morgan fingerprint density at radius 3 is 2.81 bits per heavy atom. The summed E-state index contributed by atoms with van der Waals surface area (Å²) < 4.78 is 6.19. The van der Waals surface area contributed by atoms with Gasteiger partial charge in [0.15, 0.2) is 0 Å². The van der Waals surface area contributed by atoms with E-state index in [-0.39, 0.29) is 6.42 Å². The zero-order valence-electron chi connectivity index (χ0n) is 18.5. The molecule has 0 atom stereocenters. The maximum absolute atomic E-state index is 10.9. The molecule has 1 fully saturated rings. The van der Waals surface area contributed by atoms with Gasteiger partial charge in [0.1, 0.15) is 5.75 Å². The Morgan fingerprint density at radius 1 is 1.16 bits per heavy atom. The quantitative estimate of drug-likeness (QED) is 0.472. The normalized spacial score (nSPS) is 17.8. The topological polar surface area (TPSA) is 49.8 Å². The van der Waals surface area contributed by atoms with Gasteiger partial charge in [-0.05, 0) is 92.4 Å². The molecule has 0 bridgehead atoms. The Hall–Kier alpha value is -1.69. The number of rotatable bonds is 7. The van der Waals surface area contributed by atoms with Crippen molar-refractivity contribution >= 4 is 29.3 Å². The molecule has 2 aromatic rings. The molecule has 1 aliphatic heterocycles. The molecule has 0 radical (unpaired) electrons. The van der Waals surface area contributed by atoms with Crippen molar-refractivity contribution < 1.29 is 14.6 Å². The molecule has 1 N–H and O–H groups in total. The van der Waals surface area contributed by atoms with Crippen LogP contribution in [0.1, 0.15) is 61.1 Å². The number of hydrogen-bond acceptors (Lipinski definition) is 4. The molecule has 6 heteroatoms. The number of carboxylic acid groups (broad SMARTS) is 1. The molecule has 4 nitrogen and oxygen atoms in total. The predicted molar refractivity (Wildman–Crippen MR) is 131 cm³/mol. The fourth-order valence-corrected chi connectivity index (χ4v) is 5.64. The second-order valence-corrected chi connectivity index (χ2v) is 10.2. The molecule has 2 aromatic carbocycles. The van der Waals surface area contributed by atoms with Crippen LogP contribution in [0.2, 0.25) is 5.02 Å². The number of hydrogen-bond donors (Lipinski definition) is 1. The molecular formula is C26H32ClNO3S. The molecule has 4 rings (SSSR count). The number of nitrogens with zero attached hydrogens (tertiary/aromatic N) is 1. The van der Waals surface area contributed by atoms with Crippen LogP contribution in [0.15, 0.2) is 41.3 Å². The molecule has 2 aliphatic rings. The maximum Gasteiger partial charge on any atom is 0.304 e. The van der Waals surface area contributed by atoms with Gasteiger partial charge in [-0.2, -0.15) is 0 Å². The van der Waals surface area contributed by atoms with E-state index in [1.54, 1.807) is 0 Å². The third-order valence-corrected chi connectivity index (χ3v) is 7.66. The number of fused-ring (bicyclic) bond motifs is 1. The summed E-state index contributed by atoms with van der Waals surface area (Å²) in [6.07, 6.45) is 6.72. The summed E-state index contributed by atoms with van der Waals surface area (Å²) in [4.78, 5) is 14.4. The summed E-state index contributed by atoms with van der Waals surface area (Å²) in [7, 11) is 0. The molecule has 172 valence electrons. The SMILES string of the molecule is O=C(O)CCN1CCCCOc2cc(SCc3c(Cl)cccc3C3CC3)ccc2CCC1. The van der Waals surface area contributed by atoms with E-state index in [1.807, 2.05) is 17.8 Å². The fourth-order valence-electron chi connectivity index (χ4n) is 4.33. The van der Waals surface area contributed by atoms with Crippen LogP contribution in [-0.2, 0) is 17.0 Å². The maximum atomic E-state index is 10.9. The zero-order chi connectivity index (χ0) is 22.3. The van der Waals surface area contributed by atoms with E-state index in [4.69, 9.17) is 21.4 Å². The molecular weight excluding hydrogens is 442 g/mol. The van der Waals surface area contributed by atoms with Gasteiger partial charge in [-0.3, -0.25) is 4.79 Å². The zero-order valence-corrected chi connectivity index (χ0v) is 20.1. The Morgan fingerprint density at radius 2 is 2.00 bits per heavy atom. The average Bonchev–Trinajstić information content (AvgIpc) is 3.61. The van der Waals surface area contributed by atoms with Gasteiger partial charge in [0.05, 0.1) is 13.0 Å². The van der Waals surface area contributed by atoms with Crippen LogP contribution in [0.3, 0.4) is 0 Å². The van der Waals surface area contributed by atoms with E-state index in [2.05, 4.69) is 35.2 Å². The lowest BCUT2D eigenvalue weighted by molar-refractivity contribution is -0.137. The lowest BCUT2D eigenvalue weighted by atomic mass is 10.0. The molecule has 0 spiro atoms. The van der Waals surface area contributed by atoms with Crippen LogP contribution in [0.5, 0.6) is 5.75 Å². The van der Waals surface area contributed by atoms with Gasteiger partial charge in [-0.15, -0.1) is 11.8 Å². The first-order valence-corrected chi connectivity index (χ1v) is 13.1. The first-order chi connectivity index (χ1) is 15.6. The summed E-state index contributed by atoms with van der Waals surface area (Å²) in [6.45, 7) is 3.20. The van der Waals surface area contributed by atoms with Gasteiger partial charge in [-0.1, -0.05) is 29.8 Å². The highest BCUT2D eigenvalue weighted by Crippen LogP contribution is 2.44. The highest BCUT2D eigenvalue weighted by molar-refractivity contribution is 7.98. The van der Waals surface area contributed by atoms with Crippen LogP contribution >= 0.6 is 23.4 Å². The standard InChI is InChI=1S/C26H32ClNO3S/c27-24-7-3-6-22(19-8-9-19)23(24)18-32-21-11-10-20-5-4-14-28(15-12-26(29)30)13-1-2-16-31-25(20)17-21/h3,6-7,10-11,17,19H,1-2,4-5,8-9,12-16,18H2,(H,29,30). The van der Waals surface area contributed by atoms with E-state index in [0.717, 1.165) is 55.3 Å². The average molecular weight is 474 g/mol. The van der Waals surface area contributed by atoms with Gasteiger partial charge in [0, 0.05) is 22.2 Å². The summed E-state index contributed by atoms with van der Waals surface area (Å²) in [5.41, 5.74) is 3.94. The highest BCUT2D eigenvalue weighted by Gasteiger charge is 2.26. The number of benzene rings is 2. The predicted octanol–water partition coefficient (Wildman–Crippen LogP) is 6.39. The smallest absolute Gasteiger partial charge is 0.304 e. The van der Waals surface area contributed by atoms with E-state index < -0.39 is 5.97 Å². The number of aryl methyl sites for hydroxylation is 1.